The predicted molar refractivity (Wildman–Crippen MR) is 126 cm³/mol. The van der Waals surface area contributed by atoms with E-state index in [0.717, 1.165) is 5.56 Å². The first-order chi connectivity index (χ1) is 16.5. The van der Waals surface area contributed by atoms with Crippen molar-refractivity contribution in [2.24, 2.45) is 0 Å². The summed E-state index contributed by atoms with van der Waals surface area (Å²) in [6.07, 6.45) is 0. The Bertz CT molecular complexity index is 1360. The van der Waals surface area contributed by atoms with Gasteiger partial charge >= 0.3 is 0 Å². The normalized spacial score (nSPS) is 11.5. The molecule has 2 aromatic heterocycles. The van der Waals surface area contributed by atoms with Crippen LogP contribution in [0.3, 0.4) is 0 Å². The van der Waals surface area contributed by atoms with Gasteiger partial charge < -0.3 is 14.2 Å². The molecule has 178 valence electrons. The number of hydrogen-bond donors (Lipinski definition) is 1. The molecule has 0 aliphatic heterocycles. The Morgan fingerprint density at radius 2 is 1.71 bits per heavy atom. The van der Waals surface area contributed by atoms with E-state index in [1.165, 1.54) is 6.07 Å². The molecule has 34 heavy (non-hydrogen) atoms. The van der Waals surface area contributed by atoms with E-state index in [-0.39, 0.29) is 23.8 Å². The molecule has 0 amide bonds. The van der Waals surface area contributed by atoms with Crippen molar-refractivity contribution in [3.63, 3.8) is 0 Å². The number of fused-ring (bicyclic) bond motifs is 1. The molecular formula is C23H25N5O5S. The molecule has 4 aromatic rings. The van der Waals surface area contributed by atoms with Crippen LogP contribution in [-0.2, 0) is 10.0 Å². The Kier molecular flexibility index (Phi) is 7.24. The van der Waals surface area contributed by atoms with Crippen molar-refractivity contribution in [2.45, 2.75) is 18.7 Å². The lowest BCUT2D eigenvalue weighted by Crippen LogP contribution is -2.29. The average Bonchev–Trinajstić information content (AvgIpc) is 3.27. The predicted octanol–water partition coefficient (Wildman–Crippen LogP) is 2.95. The molecule has 10 nitrogen and oxygen atoms in total. The highest BCUT2D eigenvalue weighted by molar-refractivity contribution is 7.89. The van der Waals surface area contributed by atoms with Gasteiger partial charge in [0.1, 0.15) is 23.0 Å². The molecule has 0 aliphatic rings. The maximum Gasteiger partial charge on any atom is 0.244 e. The van der Waals surface area contributed by atoms with Crippen molar-refractivity contribution in [2.75, 3.05) is 26.4 Å². The first-order valence-corrected chi connectivity index (χ1v) is 12.3. The third-order valence-corrected chi connectivity index (χ3v) is 6.21. The van der Waals surface area contributed by atoms with Gasteiger partial charge in [0.25, 0.3) is 0 Å². The van der Waals surface area contributed by atoms with Crippen LogP contribution in [0, 0.1) is 0 Å². The van der Waals surface area contributed by atoms with Crippen LogP contribution in [0.5, 0.6) is 17.4 Å². The molecule has 0 spiro atoms. The summed E-state index contributed by atoms with van der Waals surface area (Å²) < 4.78 is 46.5. The van der Waals surface area contributed by atoms with Gasteiger partial charge in [-0.3, -0.25) is 0 Å². The Morgan fingerprint density at radius 1 is 0.912 bits per heavy atom. The molecule has 0 saturated heterocycles. The second kappa shape index (κ2) is 10.5. The summed E-state index contributed by atoms with van der Waals surface area (Å²) in [7, 11) is -3.86. The molecule has 11 heteroatoms. The van der Waals surface area contributed by atoms with Gasteiger partial charge in [-0.05, 0) is 32.0 Å². The lowest BCUT2D eigenvalue weighted by atomic mass is 10.2. The van der Waals surface area contributed by atoms with Gasteiger partial charge in [0, 0.05) is 24.2 Å². The minimum Gasteiger partial charge on any atom is -0.494 e. The zero-order chi connectivity index (χ0) is 24.0. The number of nitrogens with one attached hydrogen (secondary N) is 1. The van der Waals surface area contributed by atoms with Crippen LogP contribution < -0.4 is 18.9 Å². The van der Waals surface area contributed by atoms with E-state index in [9.17, 15) is 8.42 Å². The second-order valence-electron chi connectivity index (χ2n) is 7.05. The monoisotopic (exact) mass is 483 g/mol. The Labute approximate surface area is 197 Å². The van der Waals surface area contributed by atoms with E-state index in [1.807, 2.05) is 37.3 Å². The maximum atomic E-state index is 12.9. The third kappa shape index (κ3) is 5.26. The first-order valence-electron chi connectivity index (χ1n) is 10.8. The molecule has 0 radical (unpaired) electrons. The van der Waals surface area contributed by atoms with Crippen molar-refractivity contribution in [3.8, 4) is 28.8 Å². The number of hydrogen-bond acceptors (Lipinski definition) is 8. The van der Waals surface area contributed by atoms with E-state index in [0.29, 0.717) is 36.3 Å². The minimum atomic E-state index is -3.86. The van der Waals surface area contributed by atoms with Gasteiger partial charge in [0.2, 0.25) is 15.9 Å². The van der Waals surface area contributed by atoms with E-state index in [2.05, 4.69) is 20.0 Å². The van der Waals surface area contributed by atoms with Crippen LogP contribution >= 0.6 is 0 Å². The molecule has 0 atom stereocenters. The maximum absolute atomic E-state index is 12.9. The van der Waals surface area contributed by atoms with Crippen molar-refractivity contribution < 1.29 is 22.6 Å². The summed E-state index contributed by atoms with van der Waals surface area (Å²) in [4.78, 5) is 0.0110. The largest absolute Gasteiger partial charge is 0.494 e. The second-order valence-corrected chi connectivity index (χ2v) is 8.79. The highest BCUT2D eigenvalue weighted by Gasteiger charge is 2.21. The summed E-state index contributed by atoms with van der Waals surface area (Å²) in [5, 5.41) is 12.7. The third-order valence-electron chi connectivity index (χ3n) is 4.73. The Hall–Kier alpha value is -3.70. The van der Waals surface area contributed by atoms with Crippen LogP contribution in [0.25, 0.3) is 17.0 Å². The van der Waals surface area contributed by atoms with Crippen molar-refractivity contribution in [3.05, 3.63) is 60.7 Å². The van der Waals surface area contributed by atoms with Gasteiger partial charge in [0.05, 0.1) is 13.2 Å². The average molecular weight is 484 g/mol. The molecule has 2 aromatic carbocycles. The van der Waals surface area contributed by atoms with Crippen molar-refractivity contribution >= 4 is 15.7 Å². The number of nitrogens with zero attached hydrogens (tertiary/aromatic N) is 4. The topological polar surface area (TPSA) is 117 Å². The summed E-state index contributed by atoms with van der Waals surface area (Å²) in [6.45, 7) is 4.47. The molecule has 0 aliphatic carbocycles. The summed E-state index contributed by atoms with van der Waals surface area (Å²) in [5.74, 6) is 1.60. The summed E-state index contributed by atoms with van der Waals surface area (Å²) in [5.41, 5.74) is 1.44. The van der Waals surface area contributed by atoms with Gasteiger partial charge in [-0.25, -0.2) is 13.1 Å². The molecule has 0 fully saturated rings. The first kappa shape index (κ1) is 23.5. The van der Waals surface area contributed by atoms with Gasteiger partial charge in [-0.15, -0.1) is 15.3 Å². The van der Waals surface area contributed by atoms with E-state index in [4.69, 9.17) is 14.2 Å². The number of aromatic nitrogens is 4. The molecule has 0 bridgehead atoms. The Balaban J connectivity index is 1.43. The number of ether oxygens (including phenoxy) is 3. The van der Waals surface area contributed by atoms with E-state index in [1.54, 1.807) is 35.7 Å². The van der Waals surface area contributed by atoms with Crippen LogP contribution in [0.2, 0.25) is 0 Å². The quantitative estimate of drug-likeness (QED) is 0.324. The zero-order valence-electron chi connectivity index (χ0n) is 18.8. The smallest absolute Gasteiger partial charge is 0.244 e. The lowest BCUT2D eigenvalue weighted by molar-refractivity contribution is 0.305. The standard InChI is InChI=1S/C23H25N5O5S/c1-3-31-18-10-11-19(32-4-2)20(16-18)34(29,30)24-14-15-33-22-13-12-21-25-26-23(28(21)27-22)17-8-6-5-7-9-17/h5-13,16,24H,3-4,14-15H2,1-2H3. The van der Waals surface area contributed by atoms with Crippen molar-refractivity contribution in [1.82, 2.24) is 24.5 Å². The number of rotatable bonds is 11. The van der Waals surface area contributed by atoms with Gasteiger partial charge in [-0.1, -0.05) is 30.3 Å². The molecule has 2 heterocycles. The molecular weight excluding hydrogens is 458 g/mol. The molecule has 1 N–H and O–H groups in total. The van der Waals surface area contributed by atoms with Crippen LogP contribution in [0.1, 0.15) is 13.8 Å². The molecule has 0 saturated carbocycles. The highest BCUT2D eigenvalue weighted by Crippen LogP contribution is 2.28. The fourth-order valence-electron chi connectivity index (χ4n) is 3.26. The zero-order valence-corrected chi connectivity index (χ0v) is 19.7. The minimum absolute atomic E-state index is 0.0110. The van der Waals surface area contributed by atoms with Gasteiger partial charge in [-0.2, -0.15) is 4.52 Å². The molecule has 4 rings (SSSR count). The van der Waals surface area contributed by atoms with Gasteiger partial charge in [0.15, 0.2) is 11.5 Å². The lowest BCUT2D eigenvalue weighted by Gasteiger charge is -2.14. The summed E-state index contributed by atoms with van der Waals surface area (Å²) in [6, 6.07) is 17.7. The van der Waals surface area contributed by atoms with Crippen LogP contribution in [-0.4, -0.2) is 54.6 Å². The number of benzene rings is 2. The van der Waals surface area contributed by atoms with Crippen LogP contribution in [0.15, 0.2) is 65.6 Å². The Morgan fingerprint density at radius 3 is 2.47 bits per heavy atom. The van der Waals surface area contributed by atoms with E-state index >= 15 is 0 Å². The highest BCUT2D eigenvalue weighted by atomic mass is 32.2. The van der Waals surface area contributed by atoms with Crippen LogP contribution in [0.4, 0.5) is 0 Å². The fourth-order valence-corrected chi connectivity index (χ4v) is 4.43. The summed E-state index contributed by atoms with van der Waals surface area (Å²) >= 11 is 0. The number of sulfonamides is 1. The SMILES string of the molecule is CCOc1ccc(OCC)c(S(=O)(=O)NCCOc2ccc3nnc(-c4ccccc4)n3n2)c1. The van der Waals surface area contributed by atoms with Crippen molar-refractivity contribution in [1.29, 1.82) is 0 Å². The molecule has 0 unspecified atom stereocenters. The van der Waals surface area contributed by atoms with E-state index < -0.39 is 10.0 Å². The fraction of sp³-hybridized carbons (Fsp3) is 0.261.